The minimum atomic E-state index is -0.738. The molecule has 0 radical (unpaired) electrons. The third kappa shape index (κ3) is 5.11. The van der Waals surface area contributed by atoms with Crippen LogP contribution in [0.4, 0.5) is 0 Å². The highest BCUT2D eigenvalue weighted by atomic mass is 35.5. The molecule has 7 nitrogen and oxygen atoms in total. The molecule has 184 valence electrons. The van der Waals surface area contributed by atoms with Crippen molar-refractivity contribution in [3.63, 3.8) is 0 Å². The average molecular weight is 518 g/mol. The molecular formula is C26H25Cl2NO6. The molecular weight excluding hydrogens is 493 g/mol. The predicted octanol–water partition coefficient (Wildman–Crippen LogP) is 5.44. The summed E-state index contributed by atoms with van der Waals surface area (Å²) in [6.45, 7) is 2.43. The Balaban J connectivity index is 1.73. The van der Waals surface area contributed by atoms with Crippen LogP contribution in [-0.4, -0.2) is 25.5 Å². The van der Waals surface area contributed by atoms with Crippen molar-refractivity contribution in [2.75, 3.05) is 13.7 Å². The molecule has 0 fully saturated rings. The Morgan fingerprint density at radius 1 is 1.11 bits per heavy atom. The summed E-state index contributed by atoms with van der Waals surface area (Å²) in [5, 5.41) is 1.03. The Morgan fingerprint density at radius 2 is 1.91 bits per heavy atom. The molecule has 0 bridgehead atoms. The SMILES string of the molecule is CCOc1cc([C@@H]2C(C(=O)OC)=C(N)OC3=C2C(=O)CCC3)ccc1OCc1ccc(Cl)cc1Cl. The summed E-state index contributed by atoms with van der Waals surface area (Å²) in [5.74, 6) is -0.117. The zero-order valence-corrected chi connectivity index (χ0v) is 20.9. The monoisotopic (exact) mass is 517 g/mol. The van der Waals surface area contributed by atoms with Crippen LogP contribution in [0.2, 0.25) is 10.0 Å². The molecule has 2 aromatic rings. The highest BCUT2D eigenvalue weighted by Crippen LogP contribution is 2.45. The number of hydrogen-bond donors (Lipinski definition) is 1. The second-order valence-electron chi connectivity index (χ2n) is 8.08. The zero-order valence-electron chi connectivity index (χ0n) is 19.4. The molecule has 35 heavy (non-hydrogen) atoms. The van der Waals surface area contributed by atoms with Gasteiger partial charge in [0.25, 0.3) is 0 Å². The van der Waals surface area contributed by atoms with Gasteiger partial charge in [-0.05, 0) is 43.2 Å². The highest BCUT2D eigenvalue weighted by molar-refractivity contribution is 6.35. The molecule has 2 aliphatic rings. The molecule has 0 saturated carbocycles. The van der Waals surface area contributed by atoms with Gasteiger partial charge in [-0.1, -0.05) is 35.3 Å². The van der Waals surface area contributed by atoms with E-state index in [4.69, 9.17) is 47.9 Å². The second-order valence-corrected chi connectivity index (χ2v) is 8.93. The van der Waals surface area contributed by atoms with Crippen LogP contribution in [0.1, 0.15) is 43.2 Å². The van der Waals surface area contributed by atoms with E-state index in [-0.39, 0.29) is 23.8 Å². The van der Waals surface area contributed by atoms with Gasteiger partial charge in [0.15, 0.2) is 17.3 Å². The molecule has 0 amide bonds. The quantitative estimate of drug-likeness (QED) is 0.488. The Hall–Kier alpha value is -3.16. The summed E-state index contributed by atoms with van der Waals surface area (Å²) < 4.78 is 22.5. The van der Waals surface area contributed by atoms with Crippen molar-refractivity contribution in [1.29, 1.82) is 0 Å². The smallest absolute Gasteiger partial charge is 0.340 e. The van der Waals surface area contributed by atoms with Gasteiger partial charge in [0.05, 0.1) is 19.6 Å². The van der Waals surface area contributed by atoms with Crippen LogP contribution < -0.4 is 15.2 Å². The fraction of sp³-hybridized carbons (Fsp3) is 0.308. The molecule has 4 rings (SSSR count). The van der Waals surface area contributed by atoms with E-state index >= 15 is 0 Å². The first-order chi connectivity index (χ1) is 16.8. The lowest BCUT2D eigenvalue weighted by atomic mass is 9.77. The molecule has 2 N–H and O–H groups in total. The molecule has 1 aliphatic heterocycles. The van der Waals surface area contributed by atoms with Gasteiger partial charge < -0.3 is 24.7 Å². The summed E-state index contributed by atoms with van der Waals surface area (Å²) >= 11 is 12.2. The Bertz CT molecular complexity index is 1240. The molecule has 0 unspecified atom stereocenters. The van der Waals surface area contributed by atoms with Gasteiger partial charge >= 0.3 is 5.97 Å². The van der Waals surface area contributed by atoms with Crippen LogP contribution in [0.15, 0.2) is 59.2 Å². The maximum absolute atomic E-state index is 12.9. The Kier molecular flexibility index (Phi) is 7.57. The molecule has 0 saturated heterocycles. The first kappa shape index (κ1) is 24.9. The number of carbonyl (C=O) groups excluding carboxylic acids is 2. The van der Waals surface area contributed by atoms with Crippen LogP contribution >= 0.6 is 23.2 Å². The fourth-order valence-electron chi connectivity index (χ4n) is 4.28. The van der Waals surface area contributed by atoms with Crippen LogP contribution in [-0.2, 0) is 25.7 Å². The largest absolute Gasteiger partial charge is 0.490 e. The molecule has 0 spiro atoms. The lowest BCUT2D eigenvalue weighted by Crippen LogP contribution is -2.31. The minimum Gasteiger partial charge on any atom is -0.490 e. The van der Waals surface area contributed by atoms with Crippen molar-refractivity contribution in [3.05, 3.63) is 80.4 Å². The number of ketones is 1. The molecule has 1 heterocycles. The number of benzene rings is 2. The fourth-order valence-corrected chi connectivity index (χ4v) is 4.75. The zero-order chi connectivity index (χ0) is 25.1. The predicted molar refractivity (Wildman–Crippen MR) is 131 cm³/mol. The highest BCUT2D eigenvalue weighted by Gasteiger charge is 2.41. The van der Waals surface area contributed by atoms with Crippen LogP contribution in [0.3, 0.4) is 0 Å². The topological polar surface area (TPSA) is 97.1 Å². The maximum Gasteiger partial charge on any atom is 0.340 e. The van der Waals surface area contributed by atoms with Crippen molar-refractivity contribution in [2.45, 2.75) is 38.7 Å². The summed E-state index contributed by atoms with van der Waals surface area (Å²) in [5.41, 5.74) is 8.05. The normalized spacial score (nSPS) is 17.6. The van der Waals surface area contributed by atoms with Crippen LogP contribution in [0, 0.1) is 0 Å². The number of allylic oxidation sites excluding steroid dienone is 2. The number of nitrogens with two attached hydrogens (primary N) is 1. The number of halogens is 2. The lowest BCUT2D eigenvalue weighted by Gasteiger charge is -2.32. The standard InChI is InChI=1S/C26H25Cl2NO6/c1-3-33-21-11-14(8-10-19(21)34-13-15-7-9-16(27)12-17(15)28)22-23-18(30)5-4-6-20(23)35-25(29)24(22)26(31)32-2/h7-12,22H,3-6,13,29H2,1-2H3/t22-/m0/s1. The molecule has 0 aromatic heterocycles. The number of hydrogen-bond acceptors (Lipinski definition) is 7. The molecule has 9 heteroatoms. The maximum atomic E-state index is 12.9. The molecule has 2 aromatic carbocycles. The number of Topliss-reactive ketones (excluding diaryl/α,β-unsaturated/α-hetero) is 1. The first-order valence-electron chi connectivity index (χ1n) is 11.2. The minimum absolute atomic E-state index is 0.0639. The second kappa shape index (κ2) is 10.6. The van der Waals surface area contributed by atoms with Crippen molar-refractivity contribution < 1.29 is 28.5 Å². The van der Waals surface area contributed by atoms with Crippen LogP contribution in [0.5, 0.6) is 11.5 Å². The van der Waals surface area contributed by atoms with Crippen molar-refractivity contribution in [2.24, 2.45) is 5.73 Å². The lowest BCUT2D eigenvalue weighted by molar-refractivity contribution is -0.136. The third-order valence-electron chi connectivity index (χ3n) is 5.89. The van der Waals surface area contributed by atoms with E-state index < -0.39 is 11.9 Å². The van der Waals surface area contributed by atoms with Gasteiger partial charge in [0.2, 0.25) is 5.88 Å². The van der Waals surface area contributed by atoms with Crippen molar-refractivity contribution in [1.82, 2.24) is 0 Å². The first-order valence-corrected chi connectivity index (χ1v) is 11.9. The van der Waals surface area contributed by atoms with E-state index in [0.29, 0.717) is 64.3 Å². The third-order valence-corrected chi connectivity index (χ3v) is 6.48. The van der Waals surface area contributed by atoms with Gasteiger partial charge in [0.1, 0.15) is 17.9 Å². The molecule has 1 aliphatic carbocycles. The van der Waals surface area contributed by atoms with E-state index in [2.05, 4.69) is 0 Å². The van der Waals surface area contributed by atoms with Gasteiger partial charge in [-0.15, -0.1) is 0 Å². The Labute approximate surface area is 213 Å². The van der Waals surface area contributed by atoms with E-state index in [1.165, 1.54) is 7.11 Å². The van der Waals surface area contributed by atoms with Gasteiger partial charge in [-0.3, -0.25) is 4.79 Å². The van der Waals surface area contributed by atoms with Crippen LogP contribution in [0.25, 0.3) is 0 Å². The van der Waals surface area contributed by atoms with Gasteiger partial charge in [-0.25, -0.2) is 4.79 Å². The Morgan fingerprint density at radius 3 is 2.63 bits per heavy atom. The van der Waals surface area contributed by atoms with E-state index in [9.17, 15) is 9.59 Å². The number of carbonyl (C=O) groups is 2. The number of rotatable bonds is 7. The van der Waals surface area contributed by atoms with E-state index in [1.807, 2.05) is 6.92 Å². The summed E-state index contributed by atoms with van der Waals surface area (Å²) in [6.07, 6.45) is 1.60. The average Bonchev–Trinajstić information content (AvgIpc) is 2.83. The number of methoxy groups -OCH3 is 1. The van der Waals surface area contributed by atoms with E-state index in [0.717, 1.165) is 5.56 Å². The number of ether oxygens (including phenoxy) is 4. The molecule has 1 atom stereocenters. The van der Waals surface area contributed by atoms with Gasteiger partial charge in [0, 0.05) is 34.0 Å². The van der Waals surface area contributed by atoms with Crippen molar-refractivity contribution >= 4 is 35.0 Å². The number of esters is 1. The van der Waals surface area contributed by atoms with Gasteiger partial charge in [-0.2, -0.15) is 0 Å². The summed E-state index contributed by atoms with van der Waals surface area (Å²) in [6, 6.07) is 10.4. The summed E-state index contributed by atoms with van der Waals surface area (Å²) in [4.78, 5) is 25.6. The summed E-state index contributed by atoms with van der Waals surface area (Å²) in [7, 11) is 1.26. The van der Waals surface area contributed by atoms with Crippen molar-refractivity contribution in [3.8, 4) is 11.5 Å². The van der Waals surface area contributed by atoms with E-state index in [1.54, 1.807) is 36.4 Å².